The zero-order valence-corrected chi connectivity index (χ0v) is 12.1. The first kappa shape index (κ1) is 14.9. The molecule has 0 radical (unpaired) electrons. The van der Waals surface area contributed by atoms with Crippen LogP contribution < -0.4 is 5.73 Å². The Balaban J connectivity index is 1.69. The van der Waals surface area contributed by atoms with E-state index in [0.29, 0.717) is 5.06 Å². The fourth-order valence-electron chi connectivity index (χ4n) is 2.36. The Kier molecular flexibility index (Phi) is 3.91. The maximum Gasteiger partial charge on any atom is 0.350 e. The van der Waals surface area contributed by atoms with Crippen molar-refractivity contribution in [2.24, 2.45) is 5.73 Å². The molecule has 0 fully saturated rings. The van der Waals surface area contributed by atoms with Crippen LogP contribution in [0.2, 0.25) is 0 Å². The number of hydrogen-bond acceptors (Lipinski definition) is 5. The Hall–Kier alpha value is -2.99. The lowest BCUT2D eigenvalue weighted by Crippen LogP contribution is -2.41. The summed E-state index contributed by atoms with van der Waals surface area (Å²) in [6.07, 6.45) is 0.253. The van der Waals surface area contributed by atoms with Crippen LogP contribution >= 0.6 is 0 Å². The minimum Gasteiger partial charge on any atom is -0.328 e. The molecule has 23 heavy (non-hydrogen) atoms. The van der Waals surface area contributed by atoms with Gasteiger partial charge in [-0.15, -0.1) is 0 Å². The van der Waals surface area contributed by atoms with E-state index in [1.165, 1.54) is 12.1 Å². The molecule has 0 aliphatic carbocycles. The summed E-state index contributed by atoms with van der Waals surface area (Å²) in [5.74, 6) is -2.15. The highest BCUT2D eigenvalue weighted by atomic mass is 16.7. The molecule has 3 rings (SSSR count). The van der Waals surface area contributed by atoms with Gasteiger partial charge in [0.05, 0.1) is 11.1 Å². The minimum absolute atomic E-state index is 0.210. The fourth-order valence-corrected chi connectivity index (χ4v) is 2.36. The van der Waals surface area contributed by atoms with E-state index in [2.05, 4.69) is 0 Å². The Morgan fingerprint density at radius 3 is 2.04 bits per heavy atom. The van der Waals surface area contributed by atoms with Crippen LogP contribution in [0.4, 0.5) is 0 Å². The number of fused-ring (bicyclic) bond motifs is 1. The maximum absolute atomic E-state index is 12.1. The summed E-state index contributed by atoms with van der Waals surface area (Å²) in [5.41, 5.74) is 7.08. The molecular weight excluding hydrogens is 296 g/mol. The molecular formula is C17H14N2O4. The molecule has 2 aromatic carbocycles. The van der Waals surface area contributed by atoms with Crippen molar-refractivity contribution in [3.63, 3.8) is 0 Å². The van der Waals surface area contributed by atoms with Crippen LogP contribution in [-0.2, 0) is 16.1 Å². The van der Waals surface area contributed by atoms with E-state index in [0.717, 1.165) is 5.56 Å². The quantitative estimate of drug-likeness (QED) is 0.860. The van der Waals surface area contributed by atoms with E-state index in [1.54, 1.807) is 12.1 Å². The van der Waals surface area contributed by atoms with E-state index in [1.807, 2.05) is 30.3 Å². The van der Waals surface area contributed by atoms with Gasteiger partial charge in [0.25, 0.3) is 11.8 Å². The van der Waals surface area contributed by atoms with Crippen molar-refractivity contribution in [1.29, 1.82) is 0 Å². The summed E-state index contributed by atoms with van der Waals surface area (Å²) >= 11 is 0. The highest BCUT2D eigenvalue weighted by Gasteiger charge is 2.39. The second-order valence-corrected chi connectivity index (χ2v) is 5.16. The lowest BCUT2D eigenvalue weighted by Gasteiger charge is -2.16. The molecule has 1 heterocycles. The summed E-state index contributed by atoms with van der Waals surface area (Å²) in [5, 5.41) is 0.470. The lowest BCUT2D eigenvalue weighted by atomic mass is 10.1. The number of rotatable bonds is 4. The summed E-state index contributed by atoms with van der Waals surface area (Å²) in [6.45, 7) is 0. The Labute approximate surface area is 132 Å². The standard InChI is InChI=1S/C17H14N2O4/c18-14(10-11-6-2-1-3-7-11)17(22)23-19-15(20)12-8-4-5-9-13(12)16(19)21/h1-9,14H,10,18H2. The molecule has 2 aromatic rings. The Bertz CT molecular complexity index is 738. The average molecular weight is 310 g/mol. The van der Waals surface area contributed by atoms with Gasteiger partial charge in [0.15, 0.2) is 0 Å². The highest BCUT2D eigenvalue weighted by molar-refractivity contribution is 6.20. The number of nitrogens with zero attached hydrogens (tertiary/aromatic N) is 1. The molecule has 0 saturated heterocycles. The van der Waals surface area contributed by atoms with Crippen LogP contribution in [0.3, 0.4) is 0 Å². The van der Waals surface area contributed by atoms with Crippen molar-refractivity contribution in [2.45, 2.75) is 12.5 Å². The molecule has 1 atom stereocenters. The van der Waals surface area contributed by atoms with Gasteiger partial charge in [0.1, 0.15) is 6.04 Å². The number of benzene rings is 2. The molecule has 6 heteroatoms. The smallest absolute Gasteiger partial charge is 0.328 e. The number of carbonyl (C=O) groups excluding carboxylic acids is 3. The number of hydroxylamine groups is 2. The number of nitrogens with two attached hydrogens (primary N) is 1. The van der Waals surface area contributed by atoms with E-state index in [4.69, 9.17) is 10.6 Å². The van der Waals surface area contributed by atoms with Crippen LogP contribution in [-0.4, -0.2) is 28.9 Å². The van der Waals surface area contributed by atoms with Crippen LogP contribution in [0.25, 0.3) is 0 Å². The summed E-state index contributed by atoms with van der Waals surface area (Å²) in [7, 11) is 0. The SMILES string of the molecule is NC(Cc1ccccc1)C(=O)ON1C(=O)c2ccccc2C1=O. The Morgan fingerprint density at radius 1 is 0.957 bits per heavy atom. The van der Waals surface area contributed by atoms with Crippen molar-refractivity contribution in [2.75, 3.05) is 0 Å². The number of hydrogen-bond donors (Lipinski definition) is 1. The normalized spacial score (nSPS) is 14.6. The van der Waals surface area contributed by atoms with Crippen molar-refractivity contribution < 1.29 is 19.2 Å². The average Bonchev–Trinajstić information content (AvgIpc) is 2.81. The van der Waals surface area contributed by atoms with Crippen molar-refractivity contribution in [1.82, 2.24) is 5.06 Å². The molecule has 1 aliphatic rings. The van der Waals surface area contributed by atoms with Gasteiger partial charge >= 0.3 is 5.97 Å². The van der Waals surface area contributed by atoms with Gasteiger partial charge in [0, 0.05) is 0 Å². The van der Waals surface area contributed by atoms with Gasteiger partial charge in [-0.25, -0.2) is 4.79 Å². The Morgan fingerprint density at radius 2 is 1.48 bits per heavy atom. The third-order valence-corrected chi connectivity index (χ3v) is 3.54. The monoisotopic (exact) mass is 310 g/mol. The highest BCUT2D eigenvalue weighted by Crippen LogP contribution is 2.22. The van der Waals surface area contributed by atoms with Crippen molar-refractivity contribution in [3.05, 3.63) is 71.3 Å². The maximum atomic E-state index is 12.1. The predicted molar refractivity (Wildman–Crippen MR) is 81.2 cm³/mol. The van der Waals surface area contributed by atoms with Crippen LogP contribution in [0.15, 0.2) is 54.6 Å². The van der Waals surface area contributed by atoms with E-state index < -0.39 is 23.8 Å². The second-order valence-electron chi connectivity index (χ2n) is 5.16. The molecule has 0 bridgehead atoms. The van der Waals surface area contributed by atoms with Gasteiger partial charge in [-0.2, -0.15) is 0 Å². The third kappa shape index (κ3) is 2.84. The summed E-state index contributed by atoms with van der Waals surface area (Å²) in [4.78, 5) is 41.2. The molecule has 0 aromatic heterocycles. The van der Waals surface area contributed by atoms with E-state index in [9.17, 15) is 14.4 Å². The molecule has 2 N–H and O–H groups in total. The lowest BCUT2D eigenvalue weighted by molar-refractivity contribution is -0.170. The molecule has 2 amide bonds. The van der Waals surface area contributed by atoms with Crippen LogP contribution in [0, 0.1) is 0 Å². The zero-order chi connectivity index (χ0) is 16.4. The minimum atomic E-state index is -0.971. The number of amides is 2. The zero-order valence-electron chi connectivity index (χ0n) is 12.1. The first-order valence-corrected chi connectivity index (χ1v) is 7.07. The predicted octanol–water partition coefficient (Wildman–Crippen LogP) is 1.31. The van der Waals surface area contributed by atoms with Crippen molar-refractivity contribution >= 4 is 17.8 Å². The second kappa shape index (κ2) is 6.02. The van der Waals surface area contributed by atoms with Gasteiger partial charge < -0.3 is 10.6 Å². The van der Waals surface area contributed by atoms with Gasteiger partial charge in [-0.05, 0) is 24.1 Å². The molecule has 1 unspecified atom stereocenters. The summed E-state index contributed by atoms with van der Waals surface area (Å²) < 4.78 is 0. The first-order chi connectivity index (χ1) is 11.1. The van der Waals surface area contributed by atoms with Gasteiger partial charge in [-0.1, -0.05) is 47.5 Å². The fraction of sp³-hybridized carbons (Fsp3) is 0.118. The third-order valence-electron chi connectivity index (χ3n) is 3.54. The van der Waals surface area contributed by atoms with Crippen LogP contribution in [0.5, 0.6) is 0 Å². The first-order valence-electron chi connectivity index (χ1n) is 7.07. The van der Waals surface area contributed by atoms with Crippen molar-refractivity contribution in [3.8, 4) is 0 Å². The topological polar surface area (TPSA) is 89.7 Å². The molecule has 6 nitrogen and oxygen atoms in total. The van der Waals surface area contributed by atoms with Gasteiger partial charge in [0.2, 0.25) is 0 Å². The number of carbonyl (C=O) groups is 3. The molecule has 116 valence electrons. The summed E-state index contributed by atoms with van der Waals surface area (Å²) in [6, 6.07) is 14.5. The molecule has 0 saturated carbocycles. The van der Waals surface area contributed by atoms with Gasteiger partial charge in [-0.3, -0.25) is 9.59 Å². The largest absolute Gasteiger partial charge is 0.350 e. The van der Waals surface area contributed by atoms with E-state index in [-0.39, 0.29) is 17.5 Å². The van der Waals surface area contributed by atoms with Crippen LogP contribution in [0.1, 0.15) is 26.3 Å². The number of imide groups is 1. The molecule has 0 spiro atoms. The molecule has 1 aliphatic heterocycles. The van der Waals surface area contributed by atoms with E-state index >= 15 is 0 Å².